The standard InChI is InChI=1S/C12H26O4S.He/c1-2-3-4-5-6-7-8-9-10-11-12-16-17(13,14)15;/h2-12H2,1H3,(H,13,14,15);. The molecule has 0 saturated carbocycles. The molecule has 0 bridgehead atoms. The molecule has 0 unspecified atom stereocenters. The SMILES string of the molecule is CCCCCCCCCCCCOS(=O)(=O)O.[He]. The van der Waals surface area contributed by atoms with Crippen molar-refractivity contribution in [2.45, 2.75) is 71.1 Å². The molecule has 0 radical (unpaired) electrons. The molecule has 6 heteroatoms. The summed E-state index contributed by atoms with van der Waals surface area (Å²) in [5.41, 5.74) is 0. The van der Waals surface area contributed by atoms with Crippen molar-refractivity contribution in [3.05, 3.63) is 0 Å². The molecule has 0 aliphatic heterocycles. The van der Waals surface area contributed by atoms with E-state index in [0.717, 1.165) is 12.8 Å². The van der Waals surface area contributed by atoms with Gasteiger partial charge < -0.3 is 0 Å². The smallest absolute Gasteiger partial charge is 0.264 e. The summed E-state index contributed by atoms with van der Waals surface area (Å²) in [7, 11) is -4.23. The minimum absolute atomic E-state index is 0. The van der Waals surface area contributed by atoms with Gasteiger partial charge >= 0.3 is 10.4 Å². The van der Waals surface area contributed by atoms with Crippen molar-refractivity contribution in [1.29, 1.82) is 0 Å². The van der Waals surface area contributed by atoms with E-state index >= 15 is 0 Å². The van der Waals surface area contributed by atoms with E-state index in [-0.39, 0.29) is 12.8 Å². The zero-order valence-corrected chi connectivity index (χ0v) is 12.4. The molecule has 0 atom stereocenters. The van der Waals surface area contributed by atoms with E-state index in [0.29, 0.717) is 6.42 Å². The maximum absolute atomic E-state index is 10.2. The third-order valence-corrected chi connectivity index (χ3v) is 3.19. The zero-order valence-electron chi connectivity index (χ0n) is 11.6. The van der Waals surface area contributed by atoms with Crippen molar-refractivity contribution in [1.82, 2.24) is 0 Å². The molecule has 18 heavy (non-hydrogen) atoms. The van der Waals surface area contributed by atoms with Crippen molar-refractivity contribution >= 4 is 10.4 Å². The minimum atomic E-state index is -4.23. The Kier molecular flexibility index (Phi) is 14.8. The number of hydrogen-bond donors (Lipinski definition) is 1. The van der Waals surface area contributed by atoms with E-state index in [1.807, 2.05) is 0 Å². The molecule has 0 aromatic heterocycles. The Hall–Kier alpha value is -0.221. The molecule has 0 fully saturated rings. The molecule has 0 aromatic rings. The first-order chi connectivity index (χ1) is 8.06. The van der Waals surface area contributed by atoms with E-state index in [4.69, 9.17) is 4.55 Å². The molecule has 0 heterocycles. The number of hydrogen-bond acceptors (Lipinski definition) is 3. The third-order valence-electron chi connectivity index (χ3n) is 2.73. The fourth-order valence-corrected chi connectivity index (χ4v) is 2.08. The summed E-state index contributed by atoms with van der Waals surface area (Å²) >= 11 is 0. The first kappa shape index (κ1) is 20.1. The van der Waals surface area contributed by atoms with Crippen molar-refractivity contribution in [2.24, 2.45) is 0 Å². The van der Waals surface area contributed by atoms with Crippen molar-refractivity contribution < 1.29 is 23.3 Å². The molecule has 0 rings (SSSR count). The Bertz CT molecular complexity index is 255. The van der Waals surface area contributed by atoms with Crippen molar-refractivity contribution in [2.75, 3.05) is 6.61 Å². The molecule has 4 nitrogen and oxygen atoms in total. The third kappa shape index (κ3) is 18.2. The summed E-state index contributed by atoms with van der Waals surface area (Å²) in [5, 5.41) is 0. The summed E-state index contributed by atoms with van der Waals surface area (Å²) < 4.78 is 33.0. The molecule has 0 spiro atoms. The van der Waals surface area contributed by atoms with Crippen LogP contribution in [-0.4, -0.2) is 19.6 Å². The summed E-state index contributed by atoms with van der Waals surface area (Å²) in [6.45, 7) is 2.31. The Morgan fingerprint density at radius 1 is 0.833 bits per heavy atom. The van der Waals surface area contributed by atoms with Crippen LogP contribution < -0.4 is 0 Å². The summed E-state index contributed by atoms with van der Waals surface area (Å²) in [4.78, 5) is 0. The molecule has 0 aliphatic carbocycles. The van der Waals surface area contributed by atoms with Crippen LogP contribution >= 0.6 is 0 Å². The second kappa shape index (κ2) is 13.2. The number of unbranched alkanes of at least 4 members (excludes halogenated alkanes) is 9. The van der Waals surface area contributed by atoms with Gasteiger partial charge in [-0.05, 0) is 6.42 Å². The van der Waals surface area contributed by atoms with Gasteiger partial charge in [0.2, 0.25) is 0 Å². The van der Waals surface area contributed by atoms with Gasteiger partial charge in [-0.15, -0.1) is 0 Å². The second-order valence-corrected chi connectivity index (χ2v) is 5.52. The van der Waals surface area contributed by atoms with E-state index in [1.54, 1.807) is 0 Å². The minimum Gasteiger partial charge on any atom is -0.264 e. The molecule has 0 amide bonds. The summed E-state index contributed by atoms with van der Waals surface area (Å²) in [5.74, 6) is 0. The quantitative estimate of drug-likeness (QED) is 0.433. The van der Waals surface area contributed by atoms with Gasteiger partial charge in [-0.3, -0.25) is 4.55 Å². The van der Waals surface area contributed by atoms with Gasteiger partial charge in [-0.1, -0.05) is 64.7 Å². The Balaban J connectivity index is 0. The monoisotopic (exact) mass is 270 g/mol. The molecule has 0 aliphatic rings. The van der Waals surface area contributed by atoms with Gasteiger partial charge in [0.25, 0.3) is 0 Å². The van der Waals surface area contributed by atoms with Crippen LogP contribution in [0.15, 0.2) is 0 Å². The fraction of sp³-hybridized carbons (Fsp3) is 1.00. The number of rotatable bonds is 12. The topological polar surface area (TPSA) is 63.6 Å². The average Bonchev–Trinajstić information content (AvgIpc) is 2.24. The molecule has 106 valence electrons. The predicted molar refractivity (Wildman–Crippen MR) is 69.3 cm³/mol. The van der Waals surface area contributed by atoms with E-state index in [1.165, 1.54) is 44.9 Å². The van der Waals surface area contributed by atoms with Crippen LogP contribution in [0.3, 0.4) is 0 Å². The molecular weight excluding hydrogens is 244 g/mol. The van der Waals surface area contributed by atoms with Gasteiger partial charge in [0.05, 0.1) is 6.61 Å². The molecular formula is C12H26HeO4S. The summed E-state index contributed by atoms with van der Waals surface area (Å²) in [6.07, 6.45) is 11.9. The Morgan fingerprint density at radius 3 is 1.61 bits per heavy atom. The van der Waals surface area contributed by atoms with Crippen LogP contribution in [0.1, 0.15) is 71.1 Å². The largest absolute Gasteiger partial charge is 0.397 e. The average molecular weight is 270 g/mol. The summed E-state index contributed by atoms with van der Waals surface area (Å²) in [6, 6.07) is 0. The van der Waals surface area contributed by atoms with Crippen molar-refractivity contribution in [3.8, 4) is 0 Å². The predicted octanol–water partition coefficient (Wildman–Crippen LogP) is 3.73. The van der Waals surface area contributed by atoms with Gasteiger partial charge in [0.1, 0.15) is 0 Å². The van der Waals surface area contributed by atoms with Crippen LogP contribution in [-0.2, 0) is 14.6 Å². The van der Waals surface area contributed by atoms with Gasteiger partial charge in [0, 0.05) is 6.15 Å². The Morgan fingerprint density at radius 2 is 1.22 bits per heavy atom. The maximum atomic E-state index is 10.2. The van der Waals surface area contributed by atoms with E-state index < -0.39 is 10.4 Å². The van der Waals surface area contributed by atoms with E-state index in [9.17, 15) is 8.42 Å². The van der Waals surface area contributed by atoms with Gasteiger partial charge in [0.15, 0.2) is 0 Å². The zero-order chi connectivity index (χ0) is 13.0. The van der Waals surface area contributed by atoms with Gasteiger partial charge in [-0.2, -0.15) is 8.42 Å². The van der Waals surface area contributed by atoms with Crippen molar-refractivity contribution in [3.63, 3.8) is 0 Å². The first-order valence-corrected chi connectivity index (χ1v) is 8.04. The molecule has 0 saturated heterocycles. The molecule has 1 N–H and O–H groups in total. The van der Waals surface area contributed by atoms with Crippen LogP contribution in [0, 0.1) is 6.15 Å². The second-order valence-electron chi connectivity index (χ2n) is 4.43. The fourth-order valence-electron chi connectivity index (χ4n) is 1.75. The first-order valence-electron chi connectivity index (χ1n) is 6.68. The van der Waals surface area contributed by atoms with Crippen LogP contribution in [0.4, 0.5) is 0 Å². The molecule has 0 aromatic carbocycles. The normalized spacial score (nSPS) is 11.2. The van der Waals surface area contributed by atoms with Crippen LogP contribution in [0.5, 0.6) is 0 Å². The van der Waals surface area contributed by atoms with Crippen LogP contribution in [0.2, 0.25) is 0 Å². The van der Waals surface area contributed by atoms with Gasteiger partial charge in [-0.25, -0.2) is 4.18 Å². The van der Waals surface area contributed by atoms with E-state index in [2.05, 4.69) is 11.1 Å². The maximum Gasteiger partial charge on any atom is 0.397 e. The Labute approximate surface area is 112 Å². The van der Waals surface area contributed by atoms with Crippen LogP contribution in [0.25, 0.3) is 0 Å².